The number of benzene rings is 2. The van der Waals surface area contributed by atoms with Crippen LogP contribution >= 0.6 is 0 Å². The molecule has 1 heterocycles. The first-order valence-corrected chi connectivity index (χ1v) is 7.22. The van der Waals surface area contributed by atoms with Crippen molar-refractivity contribution in [1.82, 2.24) is 0 Å². The molecule has 1 atom stereocenters. The number of hydrogen-bond acceptors (Lipinski definition) is 3. The Hall–Kier alpha value is -2.59. The molecule has 4 heteroatoms. The van der Waals surface area contributed by atoms with Gasteiger partial charge >= 0.3 is 0 Å². The number of amides is 1. The third-order valence-corrected chi connectivity index (χ3v) is 3.79. The average molecular weight is 294 g/mol. The van der Waals surface area contributed by atoms with E-state index in [1.807, 2.05) is 49.4 Å². The zero-order valence-electron chi connectivity index (χ0n) is 12.6. The van der Waals surface area contributed by atoms with Gasteiger partial charge in [-0.3, -0.25) is 4.79 Å². The molecule has 0 aromatic heterocycles. The zero-order chi connectivity index (χ0) is 15.7. The van der Waals surface area contributed by atoms with E-state index in [9.17, 15) is 9.90 Å². The lowest BCUT2D eigenvalue weighted by molar-refractivity contribution is -0.110. The molecule has 1 aliphatic rings. The molecule has 0 bridgehead atoms. The second-order valence-corrected chi connectivity index (χ2v) is 5.46. The second-order valence-electron chi connectivity index (χ2n) is 5.46. The number of aliphatic hydroxyl groups excluding tert-OH is 1. The number of fused-ring (bicyclic) bond motifs is 1. The topological polar surface area (TPSA) is 61.4 Å². The van der Waals surface area contributed by atoms with Gasteiger partial charge in [-0.1, -0.05) is 24.3 Å². The first kappa shape index (κ1) is 14.4. The van der Waals surface area contributed by atoms with Crippen LogP contribution in [0.5, 0.6) is 0 Å². The van der Waals surface area contributed by atoms with Crippen molar-refractivity contribution in [2.75, 3.05) is 10.6 Å². The summed E-state index contributed by atoms with van der Waals surface area (Å²) in [6.45, 7) is 3.71. The third-order valence-electron chi connectivity index (χ3n) is 3.79. The minimum atomic E-state index is -0.521. The predicted octanol–water partition coefficient (Wildman–Crippen LogP) is 3.45. The summed E-state index contributed by atoms with van der Waals surface area (Å²) < 4.78 is 0. The van der Waals surface area contributed by atoms with Gasteiger partial charge in [-0.05, 0) is 43.2 Å². The summed E-state index contributed by atoms with van der Waals surface area (Å²) in [5.41, 5.74) is 5.12. The highest BCUT2D eigenvalue weighted by atomic mass is 16.3. The van der Waals surface area contributed by atoms with Crippen LogP contribution in [0.2, 0.25) is 0 Å². The van der Waals surface area contributed by atoms with E-state index >= 15 is 0 Å². The number of nitrogens with one attached hydrogen (secondary N) is 2. The molecule has 3 rings (SSSR count). The van der Waals surface area contributed by atoms with Gasteiger partial charge in [-0.25, -0.2) is 0 Å². The number of carbonyl (C=O) groups excluding carboxylic acids is 1. The van der Waals surface area contributed by atoms with E-state index in [1.165, 1.54) is 0 Å². The van der Waals surface area contributed by atoms with E-state index in [0.717, 1.165) is 28.1 Å². The molecule has 0 radical (unpaired) electrons. The molecule has 4 nitrogen and oxygen atoms in total. The number of anilines is 2. The number of rotatable bonds is 3. The average Bonchev–Trinajstić information content (AvgIpc) is 2.82. The molecule has 112 valence electrons. The maximum atomic E-state index is 12.1. The van der Waals surface area contributed by atoms with E-state index in [0.29, 0.717) is 5.57 Å². The van der Waals surface area contributed by atoms with Crippen molar-refractivity contribution in [2.24, 2.45) is 0 Å². The Morgan fingerprint density at radius 1 is 1.23 bits per heavy atom. The molecule has 1 aliphatic heterocycles. The Labute approximate surface area is 129 Å². The highest BCUT2D eigenvalue weighted by Gasteiger charge is 2.25. The molecule has 2 aromatic carbocycles. The largest absolute Gasteiger partial charge is 0.389 e. The molecule has 3 N–H and O–H groups in total. The molecule has 0 fully saturated rings. The van der Waals surface area contributed by atoms with Crippen molar-refractivity contribution in [3.8, 4) is 0 Å². The number of aryl methyl sites for hydroxylation is 1. The van der Waals surface area contributed by atoms with Gasteiger partial charge in [0.2, 0.25) is 0 Å². The van der Waals surface area contributed by atoms with Crippen LogP contribution in [0.4, 0.5) is 11.4 Å². The van der Waals surface area contributed by atoms with E-state index < -0.39 is 6.10 Å². The number of carbonyl (C=O) groups is 1. The quantitative estimate of drug-likeness (QED) is 0.760. The van der Waals surface area contributed by atoms with Crippen LogP contribution in [0.25, 0.3) is 5.57 Å². The molecule has 1 unspecified atom stereocenters. The molecule has 0 spiro atoms. The lowest BCUT2D eigenvalue weighted by Gasteiger charge is -2.08. The van der Waals surface area contributed by atoms with Gasteiger partial charge in [0.1, 0.15) is 0 Å². The van der Waals surface area contributed by atoms with Crippen molar-refractivity contribution in [3.05, 3.63) is 65.4 Å². The fourth-order valence-electron chi connectivity index (χ4n) is 2.61. The standard InChI is InChI=1S/C18H18N2O2/c1-11-5-3-8-16-17(11)15(18(22)20-16)10-19-14-7-4-6-13(9-14)12(2)21/h3-10,12,19,21H,1-2H3,(H,20,22). The monoisotopic (exact) mass is 294 g/mol. The minimum Gasteiger partial charge on any atom is -0.389 e. The second kappa shape index (κ2) is 5.66. The summed E-state index contributed by atoms with van der Waals surface area (Å²) in [6.07, 6.45) is 1.20. The lowest BCUT2D eigenvalue weighted by atomic mass is 10.0. The maximum absolute atomic E-state index is 12.1. The minimum absolute atomic E-state index is 0.108. The van der Waals surface area contributed by atoms with Gasteiger partial charge in [0.05, 0.1) is 11.7 Å². The van der Waals surface area contributed by atoms with E-state index in [1.54, 1.807) is 13.1 Å². The summed E-state index contributed by atoms with van der Waals surface area (Å²) >= 11 is 0. The van der Waals surface area contributed by atoms with E-state index in [-0.39, 0.29) is 5.91 Å². The van der Waals surface area contributed by atoms with Crippen molar-refractivity contribution in [2.45, 2.75) is 20.0 Å². The van der Waals surface area contributed by atoms with Crippen molar-refractivity contribution in [1.29, 1.82) is 0 Å². The van der Waals surface area contributed by atoms with Gasteiger partial charge in [-0.2, -0.15) is 0 Å². The van der Waals surface area contributed by atoms with Crippen LogP contribution in [0.1, 0.15) is 29.7 Å². The molecule has 1 amide bonds. The summed E-state index contributed by atoms with van der Waals surface area (Å²) in [7, 11) is 0. The summed E-state index contributed by atoms with van der Waals surface area (Å²) in [4.78, 5) is 12.1. The van der Waals surface area contributed by atoms with Gasteiger partial charge in [0, 0.05) is 23.1 Å². The number of aliphatic hydroxyl groups is 1. The van der Waals surface area contributed by atoms with Crippen LogP contribution in [0.3, 0.4) is 0 Å². The fraction of sp³-hybridized carbons (Fsp3) is 0.167. The summed E-state index contributed by atoms with van der Waals surface area (Å²) in [5.74, 6) is -0.108. The molecular formula is C18H18N2O2. The van der Waals surface area contributed by atoms with Crippen molar-refractivity contribution < 1.29 is 9.90 Å². The maximum Gasteiger partial charge on any atom is 0.257 e. The lowest BCUT2D eigenvalue weighted by Crippen LogP contribution is -2.05. The Balaban J connectivity index is 1.91. The van der Waals surface area contributed by atoms with Gasteiger partial charge in [-0.15, -0.1) is 0 Å². The first-order valence-electron chi connectivity index (χ1n) is 7.22. The van der Waals surface area contributed by atoms with Crippen LogP contribution in [0.15, 0.2) is 48.7 Å². The smallest absolute Gasteiger partial charge is 0.257 e. The molecule has 0 saturated heterocycles. The highest BCUT2D eigenvalue weighted by Crippen LogP contribution is 2.34. The Kier molecular flexibility index (Phi) is 3.69. The Bertz CT molecular complexity index is 763. The van der Waals surface area contributed by atoms with Gasteiger partial charge < -0.3 is 15.7 Å². The molecule has 0 saturated carbocycles. The van der Waals surface area contributed by atoms with Crippen LogP contribution in [0, 0.1) is 6.92 Å². The molecular weight excluding hydrogens is 276 g/mol. The SMILES string of the molecule is Cc1cccc2c1C(=CNc1cccc(C(C)O)c1)C(=O)N2. The van der Waals surface area contributed by atoms with E-state index in [4.69, 9.17) is 0 Å². The fourth-order valence-corrected chi connectivity index (χ4v) is 2.61. The van der Waals surface area contributed by atoms with Crippen LogP contribution in [-0.4, -0.2) is 11.0 Å². The summed E-state index contributed by atoms with van der Waals surface area (Å²) in [6, 6.07) is 13.3. The zero-order valence-corrected chi connectivity index (χ0v) is 12.6. The third kappa shape index (κ3) is 2.61. The predicted molar refractivity (Wildman–Crippen MR) is 88.5 cm³/mol. The van der Waals surface area contributed by atoms with Gasteiger partial charge in [0.25, 0.3) is 5.91 Å². The Morgan fingerprint density at radius 2 is 2.00 bits per heavy atom. The summed E-state index contributed by atoms with van der Waals surface area (Å²) in [5, 5.41) is 15.6. The molecule has 0 aliphatic carbocycles. The number of hydrogen-bond donors (Lipinski definition) is 3. The van der Waals surface area contributed by atoms with Gasteiger partial charge in [0.15, 0.2) is 0 Å². The van der Waals surface area contributed by atoms with Crippen LogP contribution in [-0.2, 0) is 4.79 Å². The highest BCUT2D eigenvalue weighted by molar-refractivity contribution is 6.32. The van der Waals surface area contributed by atoms with Crippen LogP contribution < -0.4 is 10.6 Å². The van der Waals surface area contributed by atoms with Crippen molar-refractivity contribution >= 4 is 22.9 Å². The molecule has 2 aromatic rings. The normalized spacial score (nSPS) is 16.3. The Morgan fingerprint density at radius 3 is 2.77 bits per heavy atom. The van der Waals surface area contributed by atoms with Crippen molar-refractivity contribution in [3.63, 3.8) is 0 Å². The van der Waals surface area contributed by atoms with E-state index in [2.05, 4.69) is 10.6 Å². The first-order chi connectivity index (χ1) is 10.6. The molecule has 22 heavy (non-hydrogen) atoms.